The SMILES string of the molecule is O=C(O)c1ncccc1Oc1nc(Cl)cs1. The third-order valence-electron chi connectivity index (χ3n) is 1.63. The summed E-state index contributed by atoms with van der Waals surface area (Å²) < 4.78 is 5.27. The van der Waals surface area contributed by atoms with E-state index in [-0.39, 0.29) is 16.6 Å². The first-order valence-corrected chi connectivity index (χ1v) is 5.40. The minimum atomic E-state index is -1.15. The molecule has 7 heteroatoms. The summed E-state index contributed by atoms with van der Waals surface area (Å²) >= 11 is 6.80. The van der Waals surface area contributed by atoms with Crippen LogP contribution >= 0.6 is 22.9 Å². The lowest BCUT2D eigenvalue weighted by Crippen LogP contribution is -2.02. The topological polar surface area (TPSA) is 72.3 Å². The van der Waals surface area contributed by atoms with Gasteiger partial charge in [-0.05, 0) is 12.1 Å². The van der Waals surface area contributed by atoms with Crippen molar-refractivity contribution in [2.24, 2.45) is 0 Å². The summed E-state index contributed by atoms with van der Waals surface area (Å²) in [4.78, 5) is 18.4. The van der Waals surface area contributed by atoms with E-state index < -0.39 is 5.97 Å². The average molecular weight is 257 g/mol. The molecule has 0 unspecified atom stereocenters. The number of hydrogen-bond donors (Lipinski definition) is 1. The Kier molecular flexibility index (Phi) is 3.02. The van der Waals surface area contributed by atoms with Gasteiger partial charge in [-0.1, -0.05) is 22.9 Å². The first-order chi connectivity index (χ1) is 7.66. The highest BCUT2D eigenvalue weighted by molar-refractivity contribution is 7.11. The maximum absolute atomic E-state index is 10.8. The molecule has 0 aliphatic carbocycles. The first kappa shape index (κ1) is 10.8. The van der Waals surface area contributed by atoms with E-state index in [1.807, 2.05) is 0 Å². The highest BCUT2D eigenvalue weighted by atomic mass is 35.5. The summed E-state index contributed by atoms with van der Waals surface area (Å²) in [6, 6.07) is 3.09. The number of pyridine rings is 1. The van der Waals surface area contributed by atoms with Crippen molar-refractivity contribution < 1.29 is 14.6 Å². The van der Waals surface area contributed by atoms with Crippen LogP contribution in [-0.4, -0.2) is 21.0 Å². The highest BCUT2D eigenvalue weighted by Gasteiger charge is 2.14. The van der Waals surface area contributed by atoms with Crippen LogP contribution < -0.4 is 4.74 Å². The number of thiazole rings is 1. The monoisotopic (exact) mass is 256 g/mol. The number of carboxylic acid groups (broad SMARTS) is 1. The van der Waals surface area contributed by atoms with Crippen molar-refractivity contribution >= 4 is 28.9 Å². The van der Waals surface area contributed by atoms with Gasteiger partial charge in [0.05, 0.1) is 0 Å². The fraction of sp³-hybridized carbons (Fsp3) is 0. The molecule has 0 atom stereocenters. The molecular formula is C9H5ClN2O3S. The van der Waals surface area contributed by atoms with E-state index in [4.69, 9.17) is 21.4 Å². The number of carboxylic acids is 1. The number of hydrogen-bond acceptors (Lipinski definition) is 5. The Morgan fingerprint density at radius 2 is 2.38 bits per heavy atom. The van der Waals surface area contributed by atoms with Gasteiger partial charge in [-0.15, -0.1) is 0 Å². The molecule has 0 aromatic carbocycles. The van der Waals surface area contributed by atoms with Gasteiger partial charge in [-0.2, -0.15) is 4.98 Å². The van der Waals surface area contributed by atoms with Gasteiger partial charge in [-0.25, -0.2) is 9.78 Å². The van der Waals surface area contributed by atoms with Crippen molar-refractivity contribution in [1.29, 1.82) is 0 Å². The summed E-state index contributed by atoms with van der Waals surface area (Å²) in [6.45, 7) is 0. The van der Waals surface area contributed by atoms with E-state index in [2.05, 4.69) is 9.97 Å². The Labute approximate surface area is 99.3 Å². The van der Waals surface area contributed by atoms with E-state index in [9.17, 15) is 4.79 Å². The molecule has 2 heterocycles. The Balaban J connectivity index is 2.31. The summed E-state index contributed by atoms with van der Waals surface area (Å²) in [5.41, 5.74) is -0.158. The largest absolute Gasteiger partial charge is 0.476 e. The molecule has 5 nitrogen and oxygen atoms in total. The quantitative estimate of drug-likeness (QED) is 0.914. The normalized spacial score (nSPS) is 10.1. The van der Waals surface area contributed by atoms with Crippen molar-refractivity contribution in [2.45, 2.75) is 0 Å². The molecule has 16 heavy (non-hydrogen) atoms. The van der Waals surface area contributed by atoms with Crippen LogP contribution in [0.5, 0.6) is 10.9 Å². The van der Waals surface area contributed by atoms with Crippen LogP contribution in [0.1, 0.15) is 10.5 Å². The lowest BCUT2D eigenvalue weighted by Gasteiger charge is -2.03. The summed E-state index contributed by atoms with van der Waals surface area (Å²) in [7, 11) is 0. The third-order valence-corrected chi connectivity index (χ3v) is 2.67. The number of halogens is 1. The number of nitrogens with zero attached hydrogens (tertiary/aromatic N) is 2. The Bertz CT molecular complexity index is 529. The fourth-order valence-electron chi connectivity index (χ4n) is 1.01. The second-order valence-corrected chi connectivity index (χ2v) is 3.90. The zero-order valence-corrected chi connectivity index (χ0v) is 9.33. The van der Waals surface area contributed by atoms with E-state index in [0.29, 0.717) is 5.15 Å². The predicted molar refractivity (Wildman–Crippen MR) is 58.4 cm³/mol. The first-order valence-electron chi connectivity index (χ1n) is 4.14. The summed E-state index contributed by atoms with van der Waals surface area (Å²) in [6.07, 6.45) is 1.38. The molecule has 0 aliphatic rings. The van der Waals surface area contributed by atoms with Gasteiger partial charge in [0, 0.05) is 11.6 Å². The van der Waals surface area contributed by atoms with Crippen LogP contribution in [-0.2, 0) is 0 Å². The average Bonchev–Trinajstić information content (AvgIpc) is 2.64. The van der Waals surface area contributed by atoms with Gasteiger partial charge in [-0.3, -0.25) is 0 Å². The number of rotatable bonds is 3. The molecule has 0 fully saturated rings. The Morgan fingerprint density at radius 1 is 1.56 bits per heavy atom. The molecule has 0 saturated carbocycles. The van der Waals surface area contributed by atoms with Crippen LogP contribution in [0, 0.1) is 0 Å². The van der Waals surface area contributed by atoms with Crippen LogP contribution in [0.4, 0.5) is 0 Å². The number of aromatic carboxylic acids is 1. The number of carbonyl (C=O) groups is 1. The van der Waals surface area contributed by atoms with Crippen LogP contribution in [0.15, 0.2) is 23.7 Å². The van der Waals surface area contributed by atoms with Crippen molar-refractivity contribution in [3.63, 3.8) is 0 Å². The van der Waals surface area contributed by atoms with E-state index in [1.54, 1.807) is 11.4 Å². The predicted octanol–water partition coefficient (Wildman–Crippen LogP) is 2.68. The van der Waals surface area contributed by atoms with Gasteiger partial charge >= 0.3 is 5.97 Å². The molecule has 0 radical (unpaired) electrons. The lowest BCUT2D eigenvalue weighted by atomic mass is 10.3. The minimum Gasteiger partial charge on any atom is -0.476 e. The third kappa shape index (κ3) is 2.29. The standard InChI is InChI=1S/C9H5ClN2O3S/c10-6-4-16-9(12-6)15-5-2-1-3-11-7(5)8(13)14/h1-4H,(H,13,14). The molecule has 1 N–H and O–H groups in total. The molecule has 2 aromatic rings. The van der Waals surface area contributed by atoms with Crippen LogP contribution in [0.3, 0.4) is 0 Å². The smallest absolute Gasteiger partial charge is 0.358 e. The molecule has 0 saturated heterocycles. The van der Waals surface area contributed by atoms with Gasteiger partial charge in [0.1, 0.15) is 5.15 Å². The number of aromatic nitrogens is 2. The molecule has 2 rings (SSSR count). The van der Waals surface area contributed by atoms with Gasteiger partial charge < -0.3 is 9.84 Å². The molecule has 2 aromatic heterocycles. The maximum atomic E-state index is 10.8. The summed E-state index contributed by atoms with van der Waals surface area (Å²) in [5.74, 6) is -1.01. The zero-order chi connectivity index (χ0) is 11.5. The Hall–Kier alpha value is -1.66. The van der Waals surface area contributed by atoms with Gasteiger partial charge in [0.2, 0.25) is 0 Å². The van der Waals surface area contributed by atoms with Crippen molar-refractivity contribution in [1.82, 2.24) is 9.97 Å². The second kappa shape index (κ2) is 4.46. The fourth-order valence-corrected chi connectivity index (χ4v) is 1.81. The minimum absolute atomic E-state index is 0.140. The van der Waals surface area contributed by atoms with Crippen LogP contribution in [0.25, 0.3) is 0 Å². The molecule has 0 bridgehead atoms. The maximum Gasteiger partial charge on any atom is 0.358 e. The molecule has 82 valence electrons. The molecule has 0 amide bonds. The molecule has 0 aliphatic heterocycles. The van der Waals surface area contributed by atoms with Gasteiger partial charge in [0.15, 0.2) is 11.4 Å². The van der Waals surface area contributed by atoms with E-state index in [1.165, 1.54) is 23.6 Å². The van der Waals surface area contributed by atoms with Crippen molar-refractivity contribution in [3.05, 3.63) is 34.6 Å². The van der Waals surface area contributed by atoms with Crippen molar-refractivity contribution in [2.75, 3.05) is 0 Å². The molecular weight excluding hydrogens is 252 g/mol. The van der Waals surface area contributed by atoms with Crippen molar-refractivity contribution in [3.8, 4) is 10.9 Å². The van der Waals surface area contributed by atoms with Gasteiger partial charge in [0.25, 0.3) is 5.19 Å². The lowest BCUT2D eigenvalue weighted by molar-refractivity contribution is 0.0687. The van der Waals surface area contributed by atoms with E-state index >= 15 is 0 Å². The second-order valence-electron chi connectivity index (χ2n) is 2.69. The Morgan fingerprint density at radius 3 is 3.00 bits per heavy atom. The summed E-state index contributed by atoms with van der Waals surface area (Å²) in [5, 5.41) is 11.0. The molecule has 0 spiro atoms. The zero-order valence-electron chi connectivity index (χ0n) is 7.75. The number of ether oxygens (including phenoxy) is 1. The van der Waals surface area contributed by atoms with Crippen LogP contribution in [0.2, 0.25) is 5.15 Å². The highest BCUT2D eigenvalue weighted by Crippen LogP contribution is 2.28. The van der Waals surface area contributed by atoms with E-state index in [0.717, 1.165) is 0 Å².